The van der Waals surface area contributed by atoms with Crippen LogP contribution in [0.25, 0.3) is 0 Å². The Morgan fingerprint density at radius 2 is 1.94 bits per heavy atom. The highest BCUT2D eigenvalue weighted by Gasteiger charge is 2.21. The van der Waals surface area contributed by atoms with Crippen LogP contribution in [0.15, 0.2) is 0 Å². The molecule has 0 saturated carbocycles. The van der Waals surface area contributed by atoms with Crippen LogP contribution in [-0.2, 0) is 4.74 Å². The van der Waals surface area contributed by atoms with Gasteiger partial charge in [-0.3, -0.25) is 4.90 Å². The van der Waals surface area contributed by atoms with Gasteiger partial charge >= 0.3 is 6.09 Å². The smallest absolute Gasteiger partial charge is 0.409 e. The van der Waals surface area contributed by atoms with Crippen LogP contribution in [0.4, 0.5) is 4.79 Å². The fraction of sp³-hybridized carbons (Fsp3) is 0.917. The maximum absolute atomic E-state index is 11.5. The molecule has 0 atom stereocenters. The van der Waals surface area contributed by atoms with Crippen molar-refractivity contribution in [3.8, 4) is 0 Å². The lowest BCUT2D eigenvalue weighted by Crippen LogP contribution is -2.50. The van der Waals surface area contributed by atoms with E-state index in [1.165, 1.54) is 0 Å². The van der Waals surface area contributed by atoms with Gasteiger partial charge in [-0.25, -0.2) is 4.79 Å². The summed E-state index contributed by atoms with van der Waals surface area (Å²) in [5.41, 5.74) is 0. The summed E-state index contributed by atoms with van der Waals surface area (Å²) in [6, 6.07) is 0.538. The Morgan fingerprint density at radius 3 is 2.47 bits per heavy atom. The van der Waals surface area contributed by atoms with Crippen LogP contribution in [0.3, 0.4) is 0 Å². The molecule has 5 nitrogen and oxygen atoms in total. The number of hydrogen-bond acceptors (Lipinski definition) is 4. The van der Waals surface area contributed by atoms with E-state index < -0.39 is 0 Å². The fourth-order valence-corrected chi connectivity index (χ4v) is 1.88. The monoisotopic (exact) mass is 243 g/mol. The minimum atomic E-state index is -0.174. The van der Waals surface area contributed by atoms with Gasteiger partial charge in [-0.1, -0.05) is 13.8 Å². The molecule has 1 aliphatic rings. The van der Waals surface area contributed by atoms with E-state index in [4.69, 9.17) is 4.74 Å². The largest absolute Gasteiger partial charge is 0.450 e. The number of nitrogens with zero attached hydrogens (tertiary/aromatic N) is 2. The number of ether oxygens (including phenoxy) is 1. The van der Waals surface area contributed by atoms with Crippen molar-refractivity contribution in [2.75, 3.05) is 45.9 Å². The second kappa shape index (κ2) is 7.50. The van der Waals surface area contributed by atoms with Gasteiger partial charge in [-0.15, -0.1) is 0 Å². The molecule has 1 amide bonds. The number of carbonyl (C=O) groups is 1. The first-order valence-electron chi connectivity index (χ1n) is 6.51. The SMILES string of the molecule is CCOC(=O)N1CCN(CCNC(C)C)CC1. The average Bonchev–Trinajstić information content (AvgIpc) is 2.30. The highest BCUT2D eigenvalue weighted by molar-refractivity contribution is 5.67. The summed E-state index contributed by atoms with van der Waals surface area (Å²) in [5, 5.41) is 3.40. The normalized spacial score (nSPS) is 17.5. The Hall–Kier alpha value is -0.810. The molecule has 1 aliphatic heterocycles. The summed E-state index contributed by atoms with van der Waals surface area (Å²) < 4.78 is 4.99. The number of piperazine rings is 1. The van der Waals surface area contributed by atoms with Crippen LogP contribution >= 0.6 is 0 Å². The predicted molar refractivity (Wildman–Crippen MR) is 68.2 cm³/mol. The van der Waals surface area contributed by atoms with Crippen LogP contribution < -0.4 is 5.32 Å². The first-order chi connectivity index (χ1) is 8.13. The number of rotatable bonds is 5. The third-order valence-electron chi connectivity index (χ3n) is 2.88. The molecule has 0 bridgehead atoms. The predicted octanol–water partition coefficient (Wildman–Crippen LogP) is 0.759. The van der Waals surface area contributed by atoms with Crippen molar-refractivity contribution in [1.29, 1.82) is 0 Å². The third kappa shape index (κ3) is 5.37. The molecule has 1 saturated heterocycles. The molecule has 5 heteroatoms. The Labute approximate surface area is 104 Å². The lowest BCUT2D eigenvalue weighted by Gasteiger charge is -2.34. The van der Waals surface area contributed by atoms with Crippen LogP contribution in [0, 0.1) is 0 Å². The Balaban J connectivity index is 2.15. The van der Waals surface area contributed by atoms with Crippen molar-refractivity contribution in [1.82, 2.24) is 15.1 Å². The van der Waals surface area contributed by atoms with Gasteiger partial charge in [0.15, 0.2) is 0 Å². The molecule has 17 heavy (non-hydrogen) atoms. The van der Waals surface area contributed by atoms with E-state index in [1.807, 2.05) is 6.92 Å². The molecule has 100 valence electrons. The van der Waals surface area contributed by atoms with E-state index in [-0.39, 0.29) is 6.09 Å². The van der Waals surface area contributed by atoms with Crippen molar-refractivity contribution < 1.29 is 9.53 Å². The minimum absolute atomic E-state index is 0.174. The lowest BCUT2D eigenvalue weighted by atomic mass is 10.3. The van der Waals surface area contributed by atoms with Gasteiger partial charge in [0.1, 0.15) is 0 Å². The Bertz CT molecular complexity index is 226. The zero-order valence-corrected chi connectivity index (χ0v) is 11.2. The van der Waals surface area contributed by atoms with Gasteiger partial charge in [0.05, 0.1) is 6.61 Å². The molecule has 1 heterocycles. The summed E-state index contributed by atoms with van der Waals surface area (Å²) in [4.78, 5) is 15.6. The Morgan fingerprint density at radius 1 is 1.29 bits per heavy atom. The standard InChI is InChI=1S/C12H25N3O2/c1-4-17-12(16)15-9-7-14(8-10-15)6-5-13-11(2)3/h11,13H,4-10H2,1-3H3. The van der Waals surface area contributed by atoms with Crippen LogP contribution in [0.5, 0.6) is 0 Å². The molecule has 0 spiro atoms. The highest BCUT2D eigenvalue weighted by atomic mass is 16.6. The van der Waals surface area contributed by atoms with E-state index >= 15 is 0 Å². The van der Waals surface area contributed by atoms with Crippen LogP contribution in [-0.4, -0.2) is 67.8 Å². The van der Waals surface area contributed by atoms with Gasteiger partial charge in [0.2, 0.25) is 0 Å². The Kier molecular flexibility index (Phi) is 6.29. The molecule has 0 aromatic carbocycles. The topological polar surface area (TPSA) is 44.8 Å². The molecule has 0 aromatic rings. The first-order valence-corrected chi connectivity index (χ1v) is 6.51. The summed E-state index contributed by atoms with van der Waals surface area (Å²) >= 11 is 0. The van der Waals surface area contributed by atoms with E-state index in [0.29, 0.717) is 12.6 Å². The average molecular weight is 243 g/mol. The van der Waals surface area contributed by atoms with Gasteiger partial charge in [-0.05, 0) is 6.92 Å². The van der Waals surface area contributed by atoms with Crippen molar-refractivity contribution in [2.45, 2.75) is 26.8 Å². The molecule has 1 fully saturated rings. The van der Waals surface area contributed by atoms with Gasteiger partial charge in [0.25, 0.3) is 0 Å². The number of nitrogens with one attached hydrogen (secondary N) is 1. The summed E-state index contributed by atoms with van der Waals surface area (Å²) in [6.07, 6.45) is -0.174. The molecule has 0 unspecified atom stereocenters. The summed E-state index contributed by atoms with van der Waals surface area (Å²) in [6.45, 7) is 12.1. The molecular weight excluding hydrogens is 218 g/mol. The summed E-state index contributed by atoms with van der Waals surface area (Å²) in [5.74, 6) is 0. The second-order valence-electron chi connectivity index (χ2n) is 4.64. The number of carbonyl (C=O) groups excluding carboxylic acids is 1. The van der Waals surface area contributed by atoms with Crippen LogP contribution in [0.1, 0.15) is 20.8 Å². The third-order valence-corrected chi connectivity index (χ3v) is 2.88. The van der Waals surface area contributed by atoms with Crippen molar-refractivity contribution in [3.05, 3.63) is 0 Å². The zero-order valence-electron chi connectivity index (χ0n) is 11.2. The van der Waals surface area contributed by atoms with Crippen LogP contribution in [0.2, 0.25) is 0 Å². The molecule has 1 N–H and O–H groups in total. The minimum Gasteiger partial charge on any atom is -0.450 e. The molecular formula is C12H25N3O2. The maximum Gasteiger partial charge on any atom is 0.409 e. The quantitative estimate of drug-likeness (QED) is 0.774. The van der Waals surface area contributed by atoms with E-state index in [1.54, 1.807) is 4.90 Å². The second-order valence-corrected chi connectivity index (χ2v) is 4.64. The number of hydrogen-bond donors (Lipinski definition) is 1. The van der Waals surface area contributed by atoms with E-state index in [0.717, 1.165) is 39.3 Å². The first kappa shape index (κ1) is 14.3. The molecule has 0 aliphatic carbocycles. The van der Waals surface area contributed by atoms with Gasteiger partial charge in [0, 0.05) is 45.3 Å². The number of amides is 1. The van der Waals surface area contributed by atoms with Crippen molar-refractivity contribution >= 4 is 6.09 Å². The summed E-state index contributed by atoms with van der Waals surface area (Å²) in [7, 11) is 0. The highest BCUT2D eigenvalue weighted by Crippen LogP contribution is 2.03. The fourth-order valence-electron chi connectivity index (χ4n) is 1.88. The van der Waals surface area contributed by atoms with E-state index in [2.05, 4.69) is 24.1 Å². The van der Waals surface area contributed by atoms with Crippen molar-refractivity contribution in [3.63, 3.8) is 0 Å². The van der Waals surface area contributed by atoms with E-state index in [9.17, 15) is 4.79 Å². The van der Waals surface area contributed by atoms with Crippen molar-refractivity contribution in [2.24, 2.45) is 0 Å². The lowest BCUT2D eigenvalue weighted by molar-refractivity contribution is 0.0798. The zero-order chi connectivity index (χ0) is 12.7. The molecule has 1 rings (SSSR count). The molecule has 0 aromatic heterocycles. The maximum atomic E-state index is 11.5. The molecule has 0 radical (unpaired) electrons. The van der Waals surface area contributed by atoms with Gasteiger partial charge in [-0.2, -0.15) is 0 Å². The van der Waals surface area contributed by atoms with Gasteiger partial charge < -0.3 is 15.0 Å².